The predicted octanol–water partition coefficient (Wildman–Crippen LogP) is 7.99. The molecule has 2 atom stereocenters. The van der Waals surface area contributed by atoms with Crippen molar-refractivity contribution in [3.8, 4) is 22.6 Å². The van der Waals surface area contributed by atoms with Gasteiger partial charge in [0.25, 0.3) is 0 Å². The van der Waals surface area contributed by atoms with Crippen molar-refractivity contribution in [1.82, 2.24) is 0 Å². The number of esters is 2. The van der Waals surface area contributed by atoms with Gasteiger partial charge in [0.15, 0.2) is 0 Å². The van der Waals surface area contributed by atoms with E-state index in [0.29, 0.717) is 11.5 Å². The maximum atomic E-state index is 12.0. The van der Waals surface area contributed by atoms with E-state index in [-0.39, 0.29) is 50.2 Å². The topological polar surface area (TPSA) is 71.1 Å². The lowest BCUT2D eigenvalue weighted by Crippen LogP contribution is -2.28. The van der Waals surface area contributed by atoms with Crippen molar-refractivity contribution in [1.29, 1.82) is 0 Å². The molecule has 1 aliphatic rings. The van der Waals surface area contributed by atoms with Crippen LogP contribution in [0.15, 0.2) is 97.1 Å². The molecule has 0 heterocycles. The summed E-state index contributed by atoms with van der Waals surface area (Å²) in [6.07, 6.45) is 1.50. The first-order valence-electron chi connectivity index (χ1n) is 15.9. The van der Waals surface area contributed by atoms with E-state index in [4.69, 9.17) is 18.9 Å². The van der Waals surface area contributed by atoms with E-state index in [1.165, 1.54) is 22.3 Å². The van der Waals surface area contributed by atoms with Crippen LogP contribution in [0, 0.1) is 11.8 Å². The minimum absolute atomic E-state index is 0.113. The average Bonchev–Trinajstić information content (AvgIpc) is 3.39. The van der Waals surface area contributed by atoms with E-state index in [9.17, 15) is 9.59 Å². The monoisotopic (exact) mass is 606 g/mol. The van der Waals surface area contributed by atoms with Gasteiger partial charge in [-0.25, -0.2) is 0 Å². The fourth-order valence-corrected chi connectivity index (χ4v) is 5.85. The van der Waals surface area contributed by atoms with E-state index in [0.717, 1.165) is 24.0 Å². The molecule has 0 saturated heterocycles. The Labute approximate surface area is 266 Å². The summed E-state index contributed by atoms with van der Waals surface area (Å²) >= 11 is 0. The molecule has 4 aromatic rings. The highest BCUT2D eigenvalue weighted by atomic mass is 16.6. The maximum absolute atomic E-state index is 12.0. The number of hydrogen-bond donors (Lipinski definition) is 0. The molecule has 0 amide bonds. The summed E-state index contributed by atoms with van der Waals surface area (Å²) in [6.45, 7) is 8.67. The van der Waals surface area contributed by atoms with Crippen molar-refractivity contribution in [2.75, 3.05) is 26.4 Å². The van der Waals surface area contributed by atoms with Gasteiger partial charge in [0, 0.05) is 0 Å². The molecule has 0 aliphatic heterocycles. The minimum Gasteiger partial charge on any atom is -0.490 e. The summed E-state index contributed by atoms with van der Waals surface area (Å²) < 4.78 is 22.6. The summed E-state index contributed by atoms with van der Waals surface area (Å²) in [4.78, 5) is 24.0. The molecule has 234 valence electrons. The fraction of sp³-hybridized carbons (Fsp3) is 0.333. The van der Waals surface area contributed by atoms with Gasteiger partial charge >= 0.3 is 11.9 Å². The molecule has 6 heteroatoms. The molecular weight excluding hydrogens is 564 g/mol. The molecule has 45 heavy (non-hydrogen) atoms. The SMILES string of the molecule is CCC(C)C(=O)OCCOc1ccc(C2(c3ccc(OCCOC(=O)C(C)CC)cc3)c3ccccc3-c3ccccc32)cc1. The van der Waals surface area contributed by atoms with Crippen molar-refractivity contribution >= 4 is 11.9 Å². The highest BCUT2D eigenvalue weighted by Gasteiger charge is 2.45. The Kier molecular flexibility index (Phi) is 10.2. The second kappa shape index (κ2) is 14.5. The number of fused-ring (bicyclic) bond motifs is 3. The second-order valence-corrected chi connectivity index (χ2v) is 11.5. The zero-order valence-corrected chi connectivity index (χ0v) is 26.6. The predicted molar refractivity (Wildman–Crippen MR) is 176 cm³/mol. The largest absolute Gasteiger partial charge is 0.490 e. The maximum Gasteiger partial charge on any atom is 0.308 e. The number of rotatable bonds is 14. The molecule has 0 spiro atoms. The summed E-state index contributed by atoms with van der Waals surface area (Å²) in [7, 11) is 0. The molecule has 6 nitrogen and oxygen atoms in total. The third-order valence-corrected chi connectivity index (χ3v) is 8.75. The first-order chi connectivity index (χ1) is 21.9. The second-order valence-electron chi connectivity index (χ2n) is 11.5. The van der Waals surface area contributed by atoms with Gasteiger partial charge in [-0.05, 0) is 70.5 Å². The minimum atomic E-state index is -0.554. The molecule has 4 aromatic carbocycles. The summed E-state index contributed by atoms with van der Waals surface area (Å²) in [5.41, 5.74) is 6.51. The van der Waals surface area contributed by atoms with Crippen LogP contribution in [0.2, 0.25) is 0 Å². The number of ether oxygens (including phenoxy) is 4. The van der Waals surface area contributed by atoms with Crippen LogP contribution in [0.4, 0.5) is 0 Å². The molecular formula is C39H42O6. The van der Waals surface area contributed by atoms with Gasteiger partial charge in [0.2, 0.25) is 0 Å². The zero-order valence-electron chi connectivity index (χ0n) is 26.6. The van der Waals surface area contributed by atoms with E-state index in [1.807, 2.05) is 52.0 Å². The molecule has 0 fully saturated rings. The normalized spacial score (nSPS) is 14.0. The van der Waals surface area contributed by atoms with Crippen LogP contribution in [0.25, 0.3) is 11.1 Å². The number of hydrogen-bond acceptors (Lipinski definition) is 6. The van der Waals surface area contributed by atoms with Gasteiger partial charge in [-0.15, -0.1) is 0 Å². The molecule has 0 radical (unpaired) electrons. The lowest BCUT2D eigenvalue weighted by Gasteiger charge is -2.34. The molecule has 0 saturated carbocycles. The van der Waals surface area contributed by atoms with Gasteiger partial charge in [0.05, 0.1) is 17.3 Å². The van der Waals surface area contributed by atoms with Crippen LogP contribution < -0.4 is 9.47 Å². The van der Waals surface area contributed by atoms with Crippen LogP contribution >= 0.6 is 0 Å². The van der Waals surface area contributed by atoms with Gasteiger partial charge in [-0.2, -0.15) is 0 Å². The molecule has 0 N–H and O–H groups in total. The highest BCUT2D eigenvalue weighted by Crippen LogP contribution is 2.56. The Morgan fingerprint density at radius 2 is 0.933 bits per heavy atom. The Bertz CT molecular complexity index is 1470. The van der Waals surface area contributed by atoms with E-state index in [2.05, 4.69) is 72.8 Å². The Balaban J connectivity index is 1.40. The number of carbonyl (C=O) groups excluding carboxylic acids is 2. The number of benzene rings is 4. The molecule has 0 bridgehead atoms. The van der Waals surface area contributed by atoms with Crippen molar-refractivity contribution < 1.29 is 28.5 Å². The Hall–Kier alpha value is -4.58. The third-order valence-electron chi connectivity index (χ3n) is 8.75. The van der Waals surface area contributed by atoms with Crippen molar-refractivity contribution in [3.63, 3.8) is 0 Å². The molecule has 1 aliphatic carbocycles. The Morgan fingerprint density at radius 3 is 1.31 bits per heavy atom. The van der Waals surface area contributed by atoms with Crippen molar-refractivity contribution in [3.05, 3.63) is 119 Å². The zero-order chi connectivity index (χ0) is 31.8. The van der Waals surface area contributed by atoms with Gasteiger partial charge in [0.1, 0.15) is 37.9 Å². The standard InChI is InChI=1S/C39H42O6/c1-5-27(3)37(40)44-25-23-42-31-19-15-29(16-20-31)39(35-13-9-7-11-33(35)34-12-8-10-14-36(34)39)30-17-21-32(22-18-30)43-24-26-45-38(41)28(4)6-2/h7-22,27-28H,5-6,23-26H2,1-4H3. The smallest absolute Gasteiger partial charge is 0.308 e. The average molecular weight is 607 g/mol. The van der Waals surface area contributed by atoms with Gasteiger partial charge in [-0.3, -0.25) is 9.59 Å². The fourth-order valence-electron chi connectivity index (χ4n) is 5.85. The quantitative estimate of drug-likeness (QED) is 0.0943. The van der Waals surface area contributed by atoms with Crippen molar-refractivity contribution in [2.45, 2.75) is 46.0 Å². The van der Waals surface area contributed by atoms with Gasteiger partial charge < -0.3 is 18.9 Å². The van der Waals surface area contributed by atoms with Gasteiger partial charge in [-0.1, -0.05) is 100 Å². The summed E-state index contributed by atoms with van der Waals surface area (Å²) in [5, 5.41) is 0. The van der Waals surface area contributed by atoms with Crippen LogP contribution in [-0.4, -0.2) is 38.4 Å². The molecule has 0 aromatic heterocycles. The lowest BCUT2D eigenvalue weighted by molar-refractivity contribution is -0.149. The van der Waals surface area contributed by atoms with E-state index in [1.54, 1.807) is 0 Å². The lowest BCUT2D eigenvalue weighted by atomic mass is 9.68. The van der Waals surface area contributed by atoms with Crippen LogP contribution in [0.5, 0.6) is 11.5 Å². The van der Waals surface area contributed by atoms with E-state index < -0.39 is 5.41 Å². The number of carbonyl (C=O) groups is 2. The van der Waals surface area contributed by atoms with Crippen molar-refractivity contribution in [2.24, 2.45) is 11.8 Å². The van der Waals surface area contributed by atoms with Crippen LogP contribution in [0.1, 0.15) is 62.8 Å². The third kappa shape index (κ3) is 6.60. The Morgan fingerprint density at radius 1 is 0.556 bits per heavy atom. The van der Waals surface area contributed by atoms with E-state index >= 15 is 0 Å². The van der Waals surface area contributed by atoms with Crippen LogP contribution in [0.3, 0.4) is 0 Å². The first kappa shape index (κ1) is 31.8. The molecule has 5 rings (SSSR count). The summed E-state index contributed by atoms with van der Waals surface area (Å²) in [6, 6.07) is 33.6. The molecule has 2 unspecified atom stereocenters. The summed E-state index contributed by atoms with van der Waals surface area (Å²) in [5.74, 6) is 0.809. The highest BCUT2D eigenvalue weighted by molar-refractivity contribution is 5.86. The van der Waals surface area contributed by atoms with Crippen LogP contribution in [-0.2, 0) is 24.5 Å². The first-order valence-corrected chi connectivity index (χ1v) is 15.9.